The molecule has 0 heterocycles. The van der Waals surface area contributed by atoms with E-state index < -0.39 is 0 Å². The maximum Gasteiger partial charge on any atom is 0.123 e. The average Bonchev–Trinajstić information content (AvgIpc) is 2.47. The highest BCUT2D eigenvalue weighted by Crippen LogP contribution is 2.23. The minimum absolute atomic E-state index is 0.0871. The Morgan fingerprint density at radius 3 is 2.62 bits per heavy atom. The number of thiocarbonyl (C=S) groups is 1. The van der Waals surface area contributed by atoms with Crippen LogP contribution in [-0.4, -0.2) is 16.7 Å². The minimum Gasteiger partial charge on any atom is -0.489 e. The molecule has 0 atom stereocenters. The van der Waals surface area contributed by atoms with E-state index in [9.17, 15) is 0 Å². The summed E-state index contributed by atoms with van der Waals surface area (Å²) in [5.41, 5.74) is 8.13. The van der Waals surface area contributed by atoms with Crippen molar-refractivity contribution in [2.75, 3.05) is 6.61 Å². The number of hydrogen-bond acceptors (Lipinski definition) is 3. The summed E-state index contributed by atoms with van der Waals surface area (Å²) in [6.07, 6.45) is 0.560. The van der Waals surface area contributed by atoms with Gasteiger partial charge in [0.2, 0.25) is 0 Å². The van der Waals surface area contributed by atoms with Crippen LogP contribution < -0.4 is 10.5 Å². The van der Waals surface area contributed by atoms with E-state index in [1.54, 1.807) is 6.07 Å². The number of aliphatic hydroxyl groups is 1. The van der Waals surface area contributed by atoms with Crippen molar-refractivity contribution in [2.24, 2.45) is 5.73 Å². The van der Waals surface area contributed by atoms with Gasteiger partial charge in [0.15, 0.2) is 0 Å². The van der Waals surface area contributed by atoms with Gasteiger partial charge in [-0.25, -0.2) is 0 Å². The third-order valence-corrected chi connectivity index (χ3v) is 3.66. The van der Waals surface area contributed by atoms with Crippen molar-refractivity contribution in [3.8, 4) is 5.75 Å². The van der Waals surface area contributed by atoms with E-state index in [0.29, 0.717) is 23.0 Å². The van der Waals surface area contributed by atoms with Gasteiger partial charge in [0.1, 0.15) is 17.3 Å². The molecule has 0 aliphatic carbocycles. The second kappa shape index (κ2) is 7.41. The lowest BCUT2D eigenvalue weighted by atomic mass is 10.1. The van der Waals surface area contributed by atoms with E-state index in [4.69, 9.17) is 39.4 Å². The highest BCUT2D eigenvalue weighted by atomic mass is 35.5. The number of halogens is 1. The summed E-state index contributed by atoms with van der Waals surface area (Å²) in [7, 11) is 0. The maximum atomic E-state index is 9.06. The van der Waals surface area contributed by atoms with Gasteiger partial charge in [0.25, 0.3) is 0 Å². The highest BCUT2D eigenvalue weighted by molar-refractivity contribution is 7.80. The molecule has 2 aromatic rings. The normalized spacial score (nSPS) is 10.4. The topological polar surface area (TPSA) is 55.5 Å². The molecule has 0 amide bonds. The van der Waals surface area contributed by atoms with E-state index in [1.165, 1.54) is 0 Å². The van der Waals surface area contributed by atoms with Crippen LogP contribution in [0.2, 0.25) is 5.02 Å². The Hall–Kier alpha value is -1.62. The molecule has 2 rings (SSSR count). The Morgan fingerprint density at radius 2 is 1.95 bits per heavy atom. The third kappa shape index (κ3) is 4.17. The quantitative estimate of drug-likeness (QED) is 0.803. The SMILES string of the molecule is NC(=S)c1ccc(COc2ccccc2CCO)c(Cl)c1. The van der Waals surface area contributed by atoms with E-state index in [0.717, 1.165) is 22.4 Å². The van der Waals surface area contributed by atoms with Crippen molar-refractivity contribution in [3.05, 3.63) is 64.2 Å². The fourth-order valence-electron chi connectivity index (χ4n) is 1.94. The van der Waals surface area contributed by atoms with Crippen LogP contribution in [0.25, 0.3) is 0 Å². The largest absolute Gasteiger partial charge is 0.489 e. The fourth-order valence-corrected chi connectivity index (χ4v) is 2.31. The molecular formula is C16H16ClNO2S. The van der Waals surface area contributed by atoms with E-state index >= 15 is 0 Å². The van der Waals surface area contributed by atoms with Gasteiger partial charge in [-0.2, -0.15) is 0 Å². The summed E-state index contributed by atoms with van der Waals surface area (Å²) >= 11 is 11.1. The first-order valence-corrected chi connectivity index (χ1v) is 7.30. The molecule has 3 nitrogen and oxygen atoms in total. The lowest BCUT2D eigenvalue weighted by molar-refractivity contribution is 0.284. The second-order valence-corrected chi connectivity index (χ2v) is 5.39. The summed E-state index contributed by atoms with van der Waals surface area (Å²) < 4.78 is 5.80. The molecule has 0 aliphatic heterocycles. The number of benzene rings is 2. The Kier molecular flexibility index (Phi) is 5.56. The van der Waals surface area contributed by atoms with E-state index in [1.807, 2.05) is 36.4 Å². The molecule has 0 aromatic heterocycles. The molecule has 2 aromatic carbocycles. The molecule has 0 aliphatic rings. The molecule has 21 heavy (non-hydrogen) atoms. The fraction of sp³-hybridized carbons (Fsp3) is 0.188. The van der Waals surface area contributed by atoms with Crippen molar-refractivity contribution in [2.45, 2.75) is 13.0 Å². The average molecular weight is 322 g/mol. The van der Waals surface area contributed by atoms with Gasteiger partial charge in [0, 0.05) is 22.8 Å². The first-order chi connectivity index (χ1) is 10.1. The zero-order valence-electron chi connectivity index (χ0n) is 11.4. The van der Waals surface area contributed by atoms with Crippen molar-refractivity contribution in [1.82, 2.24) is 0 Å². The Morgan fingerprint density at radius 1 is 1.19 bits per heavy atom. The zero-order valence-corrected chi connectivity index (χ0v) is 13.0. The molecule has 5 heteroatoms. The zero-order chi connectivity index (χ0) is 15.2. The number of para-hydroxylation sites is 1. The lowest BCUT2D eigenvalue weighted by Gasteiger charge is -2.12. The van der Waals surface area contributed by atoms with Gasteiger partial charge in [-0.1, -0.05) is 54.2 Å². The van der Waals surface area contributed by atoms with Crippen LogP contribution in [0.4, 0.5) is 0 Å². The Balaban J connectivity index is 2.11. The van der Waals surface area contributed by atoms with Crippen LogP contribution in [0.15, 0.2) is 42.5 Å². The van der Waals surface area contributed by atoms with Gasteiger partial charge < -0.3 is 15.6 Å². The molecule has 0 saturated carbocycles. The predicted octanol–water partition coefficient (Wildman–Crippen LogP) is 3.09. The first kappa shape index (κ1) is 15.8. The summed E-state index contributed by atoms with van der Waals surface area (Å²) in [5.74, 6) is 0.751. The molecule has 0 bridgehead atoms. The third-order valence-electron chi connectivity index (χ3n) is 3.07. The van der Waals surface area contributed by atoms with Crippen LogP contribution in [0, 0.1) is 0 Å². The molecule has 0 saturated heterocycles. The van der Waals surface area contributed by atoms with Crippen LogP contribution in [0.5, 0.6) is 5.75 Å². The molecular weight excluding hydrogens is 306 g/mol. The first-order valence-electron chi connectivity index (χ1n) is 6.51. The number of ether oxygens (including phenoxy) is 1. The standard InChI is InChI=1S/C16H16ClNO2S/c17-14-9-12(16(18)21)5-6-13(14)10-20-15-4-2-1-3-11(15)7-8-19/h1-6,9,19H,7-8,10H2,(H2,18,21). The highest BCUT2D eigenvalue weighted by Gasteiger charge is 2.07. The smallest absolute Gasteiger partial charge is 0.123 e. The number of rotatable bonds is 6. The molecule has 0 unspecified atom stereocenters. The van der Waals surface area contributed by atoms with Crippen molar-refractivity contribution < 1.29 is 9.84 Å². The lowest BCUT2D eigenvalue weighted by Crippen LogP contribution is -2.09. The van der Waals surface area contributed by atoms with Crippen LogP contribution in [-0.2, 0) is 13.0 Å². The second-order valence-electron chi connectivity index (χ2n) is 4.54. The number of aliphatic hydroxyl groups excluding tert-OH is 1. The van der Waals surface area contributed by atoms with Gasteiger partial charge >= 0.3 is 0 Å². The summed E-state index contributed by atoms with van der Waals surface area (Å²) in [6, 6.07) is 13.0. The maximum absolute atomic E-state index is 9.06. The summed E-state index contributed by atoms with van der Waals surface area (Å²) in [4.78, 5) is 0.317. The van der Waals surface area contributed by atoms with E-state index in [2.05, 4.69) is 0 Å². The minimum atomic E-state index is 0.0871. The monoisotopic (exact) mass is 321 g/mol. The van der Waals surface area contributed by atoms with Crippen LogP contribution in [0.3, 0.4) is 0 Å². The van der Waals surface area contributed by atoms with Gasteiger partial charge in [-0.15, -0.1) is 0 Å². The van der Waals surface area contributed by atoms with Crippen molar-refractivity contribution in [1.29, 1.82) is 0 Å². The van der Waals surface area contributed by atoms with Crippen molar-refractivity contribution in [3.63, 3.8) is 0 Å². The summed E-state index contributed by atoms with van der Waals surface area (Å²) in [6.45, 7) is 0.433. The van der Waals surface area contributed by atoms with Gasteiger partial charge in [-0.05, 0) is 24.1 Å². The van der Waals surface area contributed by atoms with Gasteiger partial charge in [0.05, 0.1) is 0 Å². The van der Waals surface area contributed by atoms with Crippen LogP contribution >= 0.6 is 23.8 Å². The number of nitrogens with two attached hydrogens (primary N) is 1. The molecule has 110 valence electrons. The number of hydrogen-bond donors (Lipinski definition) is 2. The molecule has 0 fully saturated rings. The van der Waals surface area contributed by atoms with E-state index in [-0.39, 0.29) is 6.61 Å². The molecule has 3 N–H and O–H groups in total. The predicted molar refractivity (Wildman–Crippen MR) is 88.9 cm³/mol. The molecule has 0 spiro atoms. The van der Waals surface area contributed by atoms with Crippen LogP contribution in [0.1, 0.15) is 16.7 Å². The van der Waals surface area contributed by atoms with Gasteiger partial charge in [-0.3, -0.25) is 0 Å². The molecule has 0 radical (unpaired) electrons. The van der Waals surface area contributed by atoms with Crippen molar-refractivity contribution >= 4 is 28.8 Å². The Bertz CT molecular complexity index is 646. The summed E-state index contributed by atoms with van der Waals surface area (Å²) in [5, 5.41) is 9.62. The Labute approximate surface area is 134 Å².